The smallest absolute Gasteiger partial charge is 0.145 e. The lowest BCUT2D eigenvalue weighted by Crippen LogP contribution is -2.38. The lowest BCUT2D eigenvalue weighted by Gasteiger charge is -2.27. The first-order valence-corrected chi connectivity index (χ1v) is 11.0. The summed E-state index contributed by atoms with van der Waals surface area (Å²) in [6.07, 6.45) is 2.38. The van der Waals surface area contributed by atoms with Gasteiger partial charge in [0.25, 0.3) is 0 Å². The number of epoxide rings is 1. The second-order valence-electron chi connectivity index (χ2n) is 8.37. The van der Waals surface area contributed by atoms with Gasteiger partial charge in [0.1, 0.15) is 30.3 Å². The number of benzene rings is 3. The Hall–Kier alpha value is -2.82. The Bertz CT molecular complexity index is 1000. The topological polar surface area (TPSA) is 40.2 Å². The maximum atomic E-state index is 6.07. The van der Waals surface area contributed by atoms with Gasteiger partial charge in [-0.15, -0.1) is 0 Å². The molecule has 4 nitrogen and oxygen atoms in total. The van der Waals surface area contributed by atoms with Crippen LogP contribution in [0, 0.1) is 6.92 Å². The molecule has 0 amide bonds. The zero-order valence-corrected chi connectivity index (χ0v) is 17.9. The largest absolute Gasteiger partial charge is 0.491 e. The van der Waals surface area contributed by atoms with Crippen molar-refractivity contribution < 1.29 is 18.9 Å². The van der Waals surface area contributed by atoms with Gasteiger partial charge in [0.15, 0.2) is 0 Å². The standard InChI is InChI=1S/C27H28O4/c1-19-2-4-20(5-3-19)6-7-22-14-24(31-26-15-28-16-26)12-13-27(22)21-8-10-23(11-9-21)29-17-25-18-30-25/h2-5,8-14,25-26H,6-7,15-18H2,1H3. The SMILES string of the molecule is Cc1ccc(CCc2cc(OC3COC3)ccc2-c2ccc(OCC3CO3)cc2)cc1. The molecule has 3 aromatic rings. The maximum Gasteiger partial charge on any atom is 0.145 e. The quantitative estimate of drug-likeness (QED) is 0.460. The minimum Gasteiger partial charge on any atom is -0.491 e. The third-order valence-electron chi connectivity index (χ3n) is 5.79. The fourth-order valence-corrected chi connectivity index (χ4v) is 3.72. The number of ether oxygens (including phenoxy) is 4. The van der Waals surface area contributed by atoms with Gasteiger partial charge in [-0.1, -0.05) is 48.0 Å². The molecule has 2 fully saturated rings. The van der Waals surface area contributed by atoms with Gasteiger partial charge in [0, 0.05) is 0 Å². The third kappa shape index (κ3) is 5.27. The van der Waals surface area contributed by atoms with E-state index >= 15 is 0 Å². The highest BCUT2D eigenvalue weighted by molar-refractivity contribution is 5.69. The molecule has 1 atom stereocenters. The molecule has 0 radical (unpaired) electrons. The van der Waals surface area contributed by atoms with Crippen molar-refractivity contribution in [2.24, 2.45) is 0 Å². The van der Waals surface area contributed by atoms with E-state index in [1.54, 1.807) is 0 Å². The second-order valence-corrected chi connectivity index (χ2v) is 8.37. The van der Waals surface area contributed by atoms with E-state index in [1.165, 1.54) is 27.8 Å². The highest BCUT2D eigenvalue weighted by Crippen LogP contribution is 2.31. The van der Waals surface area contributed by atoms with Crippen LogP contribution in [0.4, 0.5) is 0 Å². The van der Waals surface area contributed by atoms with E-state index in [0.29, 0.717) is 19.8 Å². The summed E-state index contributed by atoms with van der Waals surface area (Å²) in [6, 6.07) is 23.6. The molecule has 3 aromatic carbocycles. The third-order valence-corrected chi connectivity index (χ3v) is 5.79. The molecule has 0 bridgehead atoms. The average Bonchev–Trinajstić information content (AvgIpc) is 3.60. The van der Waals surface area contributed by atoms with Crippen LogP contribution in [-0.4, -0.2) is 38.6 Å². The Morgan fingerprint density at radius 3 is 2.26 bits per heavy atom. The van der Waals surface area contributed by atoms with Crippen LogP contribution in [0.3, 0.4) is 0 Å². The van der Waals surface area contributed by atoms with Crippen molar-refractivity contribution in [3.05, 3.63) is 83.4 Å². The van der Waals surface area contributed by atoms with E-state index < -0.39 is 0 Å². The normalized spacial score (nSPS) is 17.8. The Labute approximate surface area is 183 Å². The Balaban J connectivity index is 1.35. The summed E-state index contributed by atoms with van der Waals surface area (Å²) in [5, 5.41) is 0. The van der Waals surface area contributed by atoms with E-state index in [2.05, 4.69) is 61.5 Å². The van der Waals surface area contributed by atoms with Crippen LogP contribution >= 0.6 is 0 Å². The molecule has 5 rings (SSSR count). The molecule has 0 aliphatic carbocycles. The maximum absolute atomic E-state index is 6.07. The number of hydrogen-bond donors (Lipinski definition) is 0. The molecule has 160 valence electrons. The predicted molar refractivity (Wildman–Crippen MR) is 121 cm³/mol. The average molecular weight is 417 g/mol. The van der Waals surface area contributed by atoms with Gasteiger partial charge >= 0.3 is 0 Å². The first-order valence-electron chi connectivity index (χ1n) is 11.0. The molecule has 2 aliphatic heterocycles. The number of aryl methyl sites for hydroxylation is 3. The van der Waals surface area contributed by atoms with E-state index in [0.717, 1.165) is 30.9 Å². The van der Waals surface area contributed by atoms with Crippen LogP contribution in [0.25, 0.3) is 11.1 Å². The van der Waals surface area contributed by atoms with Crippen molar-refractivity contribution in [1.29, 1.82) is 0 Å². The van der Waals surface area contributed by atoms with Crippen LogP contribution in [0.15, 0.2) is 66.7 Å². The lowest BCUT2D eigenvalue weighted by atomic mass is 9.94. The second kappa shape index (κ2) is 9.13. The van der Waals surface area contributed by atoms with Crippen LogP contribution in [0.1, 0.15) is 16.7 Å². The van der Waals surface area contributed by atoms with Gasteiger partial charge in [-0.05, 0) is 66.3 Å². The summed E-state index contributed by atoms with van der Waals surface area (Å²) in [6.45, 7) is 4.90. The van der Waals surface area contributed by atoms with Gasteiger partial charge in [-0.3, -0.25) is 0 Å². The van der Waals surface area contributed by atoms with E-state index in [9.17, 15) is 0 Å². The summed E-state index contributed by atoms with van der Waals surface area (Å²) in [7, 11) is 0. The molecule has 1 unspecified atom stereocenters. The predicted octanol–water partition coefficient (Wildman–Crippen LogP) is 5.00. The molecule has 2 heterocycles. The summed E-state index contributed by atoms with van der Waals surface area (Å²) >= 11 is 0. The number of hydrogen-bond acceptors (Lipinski definition) is 4. The highest BCUT2D eigenvalue weighted by Gasteiger charge is 2.23. The zero-order chi connectivity index (χ0) is 21.0. The zero-order valence-electron chi connectivity index (χ0n) is 17.9. The van der Waals surface area contributed by atoms with E-state index in [1.807, 2.05) is 12.1 Å². The molecule has 2 aliphatic rings. The summed E-state index contributed by atoms with van der Waals surface area (Å²) in [4.78, 5) is 0. The van der Waals surface area contributed by atoms with Gasteiger partial charge in [0.2, 0.25) is 0 Å². The minimum absolute atomic E-state index is 0.169. The fraction of sp³-hybridized carbons (Fsp3) is 0.333. The first kappa shape index (κ1) is 20.1. The van der Waals surface area contributed by atoms with Crippen LogP contribution in [-0.2, 0) is 22.3 Å². The monoisotopic (exact) mass is 416 g/mol. The highest BCUT2D eigenvalue weighted by atomic mass is 16.6. The first-order chi connectivity index (χ1) is 15.2. The van der Waals surface area contributed by atoms with Crippen LogP contribution in [0.5, 0.6) is 11.5 Å². The Morgan fingerprint density at radius 1 is 0.839 bits per heavy atom. The van der Waals surface area contributed by atoms with Gasteiger partial charge in [-0.25, -0.2) is 0 Å². The number of rotatable bonds is 9. The molecule has 2 saturated heterocycles. The van der Waals surface area contributed by atoms with Crippen molar-refractivity contribution in [2.45, 2.75) is 32.0 Å². The molecule has 0 aromatic heterocycles. The molecule has 0 spiro atoms. The van der Waals surface area contributed by atoms with Crippen molar-refractivity contribution in [2.75, 3.05) is 26.4 Å². The minimum atomic E-state index is 0.169. The van der Waals surface area contributed by atoms with Gasteiger partial charge < -0.3 is 18.9 Å². The Morgan fingerprint density at radius 2 is 1.58 bits per heavy atom. The molecule has 31 heavy (non-hydrogen) atoms. The summed E-state index contributed by atoms with van der Waals surface area (Å²) in [5.74, 6) is 1.80. The van der Waals surface area contributed by atoms with Crippen molar-refractivity contribution in [3.8, 4) is 22.6 Å². The van der Waals surface area contributed by atoms with E-state index in [4.69, 9.17) is 18.9 Å². The fourth-order valence-electron chi connectivity index (χ4n) is 3.72. The van der Waals surface area contributed by atoms with Crippen molar-refractivity contribution in [1.82, 2.24) is 0 Å². The molecule has 0 N–H and O–H groups in total. The van der Waals surface area contributed by atoms with E-state index in [-0.39, 0.29) is 12.2 Å². The van der Waals surface area contributed by atoms with Gasteiger partial charge in [-0.2, -0.15) is 0 Å². The van der Waals surface area contributed by atoms with Crippen LogP contribution in [0.2, 0.25) is 0 Å². The molecular weight excluding hydrogens is 388 g/mol. The molecule has 4 heteroatoms. The molecular formula is C27H28O4. The van der Waals surface area contributed by atoms with Crippen molar-refractivity contribution >= 4 is 0 Å². The Kier molecular flexibility index (Phi) is 5.92. The van der Waals surface area contributed by atoms with Crippen molar-refractivity contribution in [3.63, 3.8) is 0 Å². The lowest BCUT2D eigenvalue weighted by molar-refractivity contribution is -0.0797. The molecule has 0 saturated carbocycles. The summed E-state index contributed by atoms with van der Waals surface area (Å²) < 4.78 is 22.3. The summed E-state index contributed by atoms with van der Waals surface area (Å²) in [5.41, 5.74) is 6.35. The van der Waals surface area contributed by atoms with Gasteiger partial charge in [0.05, 0.1) is 19.8 Å². The van der Waals surface area contributed by atoms with Crippen LogP contribution < -0.4 is 9.47 Å².